The second kappa shape index (κ2) is 5.97. The summed E-state index contributed by atoms with van der Waals surface area (Å²) in [6.07, 6.45) is 1.30. The molecule has 4 N–H and O–H groups in total. The monoisotopic (exact) mass is 177 g/mol. The van der Waals surface area contributed by atoms with Gasteiger partial charge in [-0.05, 0) is 26.7 Å². The van der Waals surface area contributed by atoms with E-state index < -0.39 is 5.41 Å². The molecular weight excluding hydrogens is 158 g/mol. The SMILES string of the molecule is COC(=O)C(C)(C)CCCO.N. The van der Waals surface area contributed by atoms with E-state index >= 15 is 0 Å². The van der Waals surface area contributed by atoms with Gasteiger partial charge in [-0.15, -0.1) is 0 Å². The predicted octanol–water partition coefficient (Wildman–Crippen LogP) is 1.12. The molecule has 0 bridgehead atoms. The van der Waals surface area contributed by atoms with Crippen molar-refractivity contribution in [2.45, 2.75) is 26.7 Å². The highest BCUT2D eigenvalue weighted by atomic mass is 16.5. The fourth-order valence-electron chi connectivity index (χ4n) is 0.899. The van der Waals surface area contributed by atoms with Crippen LogP contribution in [0.1, 0.15) is 26.7 Å². The Morgan fingerprint density at radius 3 is 2.33 bits per heavy atom. The zero-order valence-corrected chi connectivity index (χ0v) is 8.09. The Labute approximate surface area is 73.5 Å². The summed E-state index contributed by atoms with van der Waals surface area (Å²) in [5.74, 6) is -0.217. The molecule has 0 fully saturated rings. The van der Waals surface area contributed by atoms with Gasteiger partial charge in [0.15, 0.2) is 0 Å². The number of aliphatic hydroxyl groups is 1. The van der Waals surface area contributed by atoms with Crippen LogP contribution in [0.25, 0.3) is 0 Å². The lowest BCUT2D eigenvalue weighted by Crippen LogP contribution is -2.25. The van der Waals surface area contributed by atoms with Gasteiger partial charge in [0, 0.05) is 6.61 Å². The minimum absolute atomic E-state index is 0. The van der Waals surface area contributed by atoms with Crippen LogP contribution in [-0.2, 0) is 9.53 Å². The molecule has 0 unspecified atom stereocenters. The average Bonchev–Trinajstić information content (AvgIpc) is 1.99. The second-order valence-electron chi connectivity index (χ2n) is 3.20. The third kappa shape index (κ3) is 4.31. The van der Waals surface area contributed by atoms with Crippen LogP contribution in [-0.4, -0.2) is 24.8 Å². The van der Waals surface area contributed by atoms with Crippen molar-refractivity contribution in [3.8, 4) is 0 Å². The third-order valence-electron chi connectivity index (χ3n) is 1.70. The highest BCUT2D eigenvalue weighted by Crippen LogP contribution is 2.23. The topological polar surface area (TPSA) is 81.5 Å². The molecule has 0 atom stereocenters. The number of ether oxygens (including phenoxy) is 1. The molecule has 0 aliphatic rings. The first-order valence-electron chi connectivity index (χ1n) is 3.74. The Hall–Kier alpha value is -0.610. The van der Waals surface area contributed by atoms with Crippen molar-refractivity contribution < 1.29 is 14.6 Å². The van der Waals surface area contributed by atoms with Gasteiger partial charge in [0.05, 0.1) is 12.5 Å². The second-order valence-corrected chi connectivity index (χ2v) is 3.20. The average molecular weight is 177 g/mol. The first kappa shape index (κ1) is 13.9. The number of hydrogen-bond donors (Lipinski definition) is 2. The van der Waals surface area contributed by atoms with Crippen LogP contribution in [0.3, 0.4) is 0 Å². The lowest BCUT2D eigenvalue weighted by molar-refractivity contribution is -0.151. The van der Waals surface area contributed by atoms with Gasteiger partial charge in [-0.1, -0.05) is 0 Å². The van der Waals surface area contributed by atoms with Crippen molar-refractivity contribution >= 4 is 5.97 Å². The van der Waals surface area contributed by atoms with Crippen molar-refractivity contribution in [2.75, 3.05) is 13.7 Å². The third-order valence-corrected chi connectivity index (χ3v) is 1.70. The Bertz CT molecular complexity index is 134. The number of rotatable bonds is 4. The summed E-state index contributed by atoms with van der Waals surface area (Å²) in [4.78, 5) is 11.0. The number of esters is 1. The van der Waals surface area contributed by atoms with E-state index in [4.69, 9.17) is 5.11 Å². The number of carbonyl (C=O) groups is 1. The molecule has 0 spiro atoms. The standard InChI is InChI=1S/C8H16O3.H3N/c1-8(2,5-4-6-9)7(10)11-3;/h9H,4-6H2,1-3H3;1H3. The normalized spacial score (nSPS) is 10.3. The molecule has 0 aromatic rings. The summed E-state index contributed by atoms with van der Waals surface area (Å²) in [5.41, 5.74) is -0.461. The molecule has 0 aromatic heterocycles. The van der Waals surface area contributed by atoms with E-state index in [1.807, 2.05) is 13.8 Å². The molecule has 0 saturated heterocycles. The van der Waals surface area contributed by atoms with Gasteiger partial charge < -0.3 is 16.0 Å². The van der Waals surface area contributed by atoms with Gasteiger partial charge in [0.1, 0.15) is 0 Å². The van der Waals surface area contributed by atoms with Gasteiger partial charge in [0.2, 0.25) is 0 Å². The quantitative estimate of drug-likeness (QED) is 0.630. The summed E-state index contributed by atoms with van der Waals surface area (Å²) >= 11 is 0. The van der Waals surface area contributed by atoms with Crippen LogP contribution in [0.4, 0.5) is 0 Å². The van der Waals surface area contributed by atoms with E-state index in [1.165, 1.54) is 7.11 Å². The summed E-state index contributed by atoms with van der Waals surface area (Å²) < 4.78 is 4.59. The zero-order chi connectivity index (χ0) is 8.91. The van der Waals surface area contributed by atoms with Crippen molar-refractivity contribution in [1.29, 1.82) is 0 Å². The van der Waals surface area contributed by atoms with E-state index in [-0.39, 0.29) is 18.7 Å². The Kier molecular flexibility index (Phi) is 6.94. The van der Waals surface area contributed by atoms with E-state index in [0.717, 1.165) is 0 Å². The summed E-state index contributed by atoms with van der Waals surface area (Å²) in [6.45, 7) is 3.75. The predicted molar refractivity (Wildman–Crippen MR) is 47.1 cm³/mol. The maximum Gasteiger partial charge on any atom is 0.311 e. The maximum absolute atomic E-state index is 11.0. The van der Waals surface area contributed by atoms with Crippen molar-refractivity contribution in [1.82, 2.24) is 6.15 Å². The Morgan fingerprint density at radius 2 is 2.00 bits per heavy atom. The van der Waals surface area contributed by atoms with Crippen LogP contribution >= 0.6 is 0 Å². The zero-order valence-electron chi connectivity index (χ0n) is 8.09. The van der Waals surface area contributed by atoms with Crippen molar-refractivity contribution in [2.24, 2.45) is 5.41 Å². The van der Waals surface area contributed by atoms with Gasteiger partial charge in [-0.3, -0.25) is 4.79 Å². The molecule has 0 radical (unpaired) electrons. The highest BCUT2D eigenvalue weighted by Gasteiger charge is 2.27. The molecule has 0 saturated carbocycles. The van der Waals surface area contributed by atoms with Gasteiger partial charge in [-0.25, -0.2) is 0 Å². The fourth-order valence-corrected chi connectivity index (χ4v) is 0.899. The Morgan fingerprint density at radius 1 is 1.50 bits per heavy atom. The van der Waals surface area contributed by atoms with Gasteiger partial charge in [-0.2, -0.15) is 0 Å². The van der Waals surface area contributed by atoms with E-state index in [0.29, 0.717) is 12.8 Å². The molecule has 12 heavy (non-hydrogen) atoms. The first-order valence-corrected chi connectivity index (χ1v) is 3.74. The largest absolute Gasteiger partial charge is 0.469 e. The van der Waals surface area contributed by atoms with Gasteiger partial charge in [0.25, 0.3) is 0 Å². The maximum atomic E-state index is 11.0. The van der Waals surface area contributed by atoms with Crippen LogP contribution < -0.4 is 6.15 Å². The molecule has 0 heterocycles. The van der Waals surface area contributed by atoms with Crippen molar-refractivity contribution in [3.63, 3.8) is 0 Å². The number of aliphatic hydroxyl groups excluding tert-OH is 1. The van der Waals surface area contributed by atoms with Crippen LogP contribution in [0, 0.1) is 5.41 Å². The smallest absolute Gasteiger partial charge is 0.311 e. The summed E-state index contributed by atoms with van der Waals surface area (Å²) in [7, 11) is 1.38. The molecule has 0 aromatic carbocycles. The molecule has 4 heteroatoms. The number of hydrogen-bond acceptors (Lipinski definition) is 4. The molecular formula is C8H19NO3. The first-order chi connectivity index (χ1) is 5.04. The molecule has 0 aliphatic carbocycles. The molecule has 74 valence electrons. The lowest BCUT2D eigenvalue weighted by atomic mass is 9.88. The van der Waals surface area contributed by atoms with Crippen LogP contribution in [0.2, 0.25) is 0 Å². The summed E-state index contributed by atoms with van der Waals surface area (Å²) in [5, 5.41) is 8.53. The van der Waals surface area contributed by atoms with Crippen LogP contribution in [0.5, 0.6) is 0 Å². The van der Waals surface area contributed by atoms with E-state index in [1.54, 1.807) is 0 Å². The number of methoxy groups -OCH3 is 1. The van der Waals surface area contributed by atoms with Gasteiger partial charge >= 0.3 is 5.97 Å². The fraction of sp³-hybridized carbons (Fsp3) is 0.875. The highest BCUT2D eigenvalue weighted by molar-refractivity contribution is 5.75. The minimum Gasteiger partial charge on any atom is -0.469 e. The molecule has 0 aliphatic heterocycles. The molecule has 0 amide bonds. The Balaban J connectivity index is 0. The van der Waals surface area contributed by atoms with E-state index in [2.05, 4.69) is 4.74 Å². The van der Waals surface area contributed by atoms with Crippen LogP contribution in [0.15, 0.2) is 0 Å². The minimum atomic E-state index is -0.461. The van der Waals surface area contributed by atoms with Crippen molar-refractivity contribution in [3.05, 3.63) is 0 Å². The lowest BCUT2D eigenvalue weighted by Gasteiger charge is -2.20. The molecule has 0 rings (SSSR count). The number of carbonyl (C=O) groups excluding carboxylic acids is 1. The van der Waals surface area contributed by atoms with E-state index in [9.17, 15) is 4.79 Å². The summed E-state index contributed by atoms with van der Waals surface area (Å²) in [6, 6.07) is 0. The molecule has 4 nitrogen and oxygen atoms in total.